The molecule has 0 bridgehead atoms. The lowest BCUT2D eigenvalue weighted by Crippen LogP contribution is -2.31. The third kappa shape index (κ3) is 2.78. The van der Waals surface area contributed by atoms with Crippen molar-refractivity contribution in [3.8, 4) is 5.75 Å². The molecule has 1 aliphatic rings. The average Bonchev–Trinajstić information content (AvgIpc) is 2.60. The first kappa shape index (κ1) is 12.0. The molecular weight excluding hydrogens is 214 g/mol. The van der Waals surface area contributed by atoms with Crippen LogP contribution >= 0.6 is 0 Å². The predicted octanol–water partition coefficient (Wildman–Crippen LogP) is 2.72. The highest BCUT2D eigenvalue weighted by atomic mass is 16.3. The molecule has 3 heteroatoms. The minimum atomic E-state index is -0.0342. The molecule has 0 spiro atoms. The summed E-state index contributed by atoms with van der Waals surface area (Å²) in [5.74, 6) is 0.0537. The van der Waals surface area contributed by atoms with E-state index in [0.29, 0.717) is 5.56 Å². The van der Waals surface area contributed by atoms with Crippen molar-refractivity contribution in [3.05, 3.63) is 29.3 Å². The van der Waals surface area contributed by atoms with E-state index < -0.39 is 0 Å². The van der Waals surface area contributed by atoms with Gasteiger partial charge in [0.1, 0.15) is 5.75 Å². The molecular formula is C14H19NO2. The number of hydrogen-bond acceptors (Lipinski definition) is 2. The van der Waals surface area contributed by atoms with Crippen LogP contribution in [-0.4, -0.2) is 29.0 Å². The normalized spacial score (nSPS) is 16.6. The molecule has 0 saturated carbocycles. The second-order valence-corrected chi connectivity index (χ2v) is 4.73. The number of amides is 1. The quantitative estimate of drug-likeness (QED) is 0.810. The molecule has 1 amide bonds. The molecule has 0 aromatic heterocycles. The Morgan fingerprint density at radius 1 is 1.18 bits per heavy atom. The lowest BCUT2D eigenvalue weighted by atomic mass is 10.1. The largest absolute Gasteiger partial charge is 0.507 e. The highest BCUT2D eigenvalue weighted by Gasteiger charge is 2.19. The van der Waals surface area contributed by atoms with Crippen LogP contribution in [0.1, 0.15) is 41.6 Å². The van der Waals surface area contributed by atoms with E-state index in [-0.39, 0.29) is 11.7 Å². The molecule has 1 saturated heterocycles. The molecule has 1 aromatic carbocycles. The van der Waals surface area contributed by atoms with Crippen LogP contribution in [0.5, 0.6) is 5.75 Å². The van der Waals surface area contributed by atoms with Crippen LogP contribution < -0.4 is 0 Å². The van der Waals surface area contributed by atoms with Gasteiger partial charge in [0.15, 0.2) is 0 Å². The molecule has 1 fully saturated rings. The first-order chi connectivity index (χ1) is 8.18. The Morgan fingerprint density at radius 2 is 1.82 bits per heavy atom. The average molecular weight is 233 g/mol. The number of aromatic hydroxyl groups is 1. The minimum Gasteiger partial charge on any atom is -0.507 e. The lowest BCUT2D eigenvalue weighted by molar-refractivity contribution is 0.0758. The third-order valence-electron chi connectivity index (χ3n) is 3.28. The third-order valence-corrected chi connectivity index (χ3v) is 3.28. The molecule has 17 heavy (non-hydrogen) atoms. The van der Waals surface area contributed by atoms with Crippen molar-refractivity contribution in [3.63, 3.8) is 0 Å². The molecule has 1 heterocycles. The monoisotopic (exact) mass is 233 g/mol. The van der Waals surface area contributed by atoms with Gasteiger partial charge in [-0.2, -0.15) is 0 Å². The van der Waals surface area contributed by atoms with Gasteiger partial charge in [0.05, 0.1) is 5.56 Å². The predicted molar refractivity (Wildman–Crippen MR) is 67.2 cm³/mol. The maximum absolute atomic E-state index is 12.3. The maximum Gasteiger partial charge on any atom is 0.257 e. The van der Waals surface area contributed by atoms with Crippen LogP contribution in [0.15, 0.2) is 18.2 Å². The van der Waals surface area contributed by atoms with Gasteiger partial charge in [-0.3, -0.25) is 4.79 Å². The summed E-state index contributed by atoms with van der Waals surface area (Å²) in [5.41, 5.74) is 1.44. The van der Waals surface area contributed by atoms with E-state index in [9.17, 15) is 9.90 Å². The molecule has 1 aromatic rings. The Bertz CT molecular complexity index is 407. The highest BCUT2D eigenvalue weighted by Crippen LogP contribution is 2.21. The van der Waals surface area contributed by atoms with Gasteiger partial charge in [0, 0.05) is 13.1 Å². The van der Waals surface area contributed by atoms with Gasteiger partial charge in [0.2, 0.25) is 0 Å². The minimum absolute atomic E-state index is 0.0342. The molecule has 92 valence electrons. The number of carbonyl (C=O) groups excluding carboxylic acids is 1. The summed E-state index contributed by atoms with van der Waals surface area (Å²) in [4.78, 5) is 14.2. The molecule has 2 rings (SSSR count). The van der Waals surface area contributed by atoms with Crippen LogP contribution in [0.3, 0.4) is 0 Å². The number of phenolic OH excluding ortho intramolecular Hbond substituents is 1. The summed E-state index contributed by atoms with van der Waals surface area (Å²) in [7, 11) is 0. The number of likely N-dealkylation sites (tertiary alicyclic amines) is 1. The van der Waals surface area contributed by atoms with Gasteiger partial charge in [-0.25, -0.2) is 0 Å². The van der Waals surface area contributed by atoms with Gasteiger partial charge < -0.3 is 10.0 Å². The number of carbonyl (C=O) groups is 1. The summed E-state index contributed by atoms with van der Waals surface area (Å²) in [6, 6.07) is 5.18. The Hall–Kier alpha value is -1.51. The van der Waals surface area contributed by atoms with Gasteiger partial charge in [-0.1, -0.05) is 24.5 Å². The fourth-order valence-corrected chi connectivity index (χ4v) is 2.27. The molecule has 0 unspecified atom stereocenters. The topological polar surface area (TPSA) is 40.5 Å². The Balaban J connectivity index is 2.20. The SMILES string of the molecule is Cc1ccc(O)c(C(=O)N2CCCCCC2)c1. The maximum atomic E-state index is 12.3. The van der Waals surface area contributed by atoms with Gasteiger partial charge in [-0.15, -0.1) is 0 Å². The summed E-state index contributed by atoms with van der Waals surface area (Å²) in [6.45, 7) is 3.55. The van der Waals surface area contributed by atoms with E-state index in [4.69, 9.17) is 0 Å². The number of aryl methyl sites for hydroxylation is 1. The van der Waals surface area contributed by atoms with Crippen LogP contribution in [0, 0.1) is 6.92 Å². The first-order valence-electron chi connectivity index (χ1n) is 6.27. The summed E-state index contributed by atoms with van der Waals surface area (Å²) in [6.07, 6.45) is 4.53. The summed E-state index contributed by atoms with van der Waals surface area (Å²) in [5, 5.41) is 9.76. The summed E-state index contributed by atoms with van der Waals surface area (Å²) < 4.78 is 0. The van der Waals surface area contributed by atoms with Gasteiger partial charge in [0.25, 0.3) is 5.91 Å². The van der Waals surface area contributed by atoms with Gasteiger partial charge >= 0.3 is 0 Å². The Morgan fingerprint density at radius 3 is 2.47 bits per heavy atom. The fourth-order valence-electron chi connectivity index (χ4n) is 2.27. The number of phenols is 1. The molecule has 0 aliphatic carbocycles. The zero-order valence-electron chi connectivity index (χ0n) is 10.3. The number of benzene rings is 1. The smallest absolute Gasteiger partial charge is 0.257 e. The highest BCUT2D eigenvalue weighted by molar-refractivity contribution is 5.97. The lowest BCUT2D eigenvalue weighted by Gasteiger charge is -2.20. The second kappa shape index (κ2) is 5.21. The zero-order valence-corrected chi connectivity index (χ0v) is 10.3. The van der Waals surface area contributed by atoms with Crippen molar-refractivity contribution in [1.29, 1.82) is 0 Å². The Kier molecular flexibility index (Phi) is 3.67. The van der Waals surface area contributed by atoms with Crippen molar-refractivity contribution >= 4 is 5.91 Å². The molecule has 0 atom stereocenters. The second-order valence-electron chi connectivity index (χ2n) is 4.73. The van der Waals surface area contributed by atoms with E-state index in [1.165, 1.54) is 12.8 Å². The van der Waals surface area contributed by atoms with Crippen LogP contribution in [0.2, 0.25) is 0 Å². The van der Waals surface area contributed by atoms with E-state index >= 15 is 0 Å². The van der Waals surface area contributed by atoms with Crippen LogP contribution in [0.4, 0.5) is 0 Å². The van der Waals surface area contributed by atoms with Crippen molar-refractivity contribution in [1.82, 2.24) is 4.90 Å². The van der Waals surface area contributed by atoms with Crippen molar-refractivity contribution in [2.24, 2.45) is 0 Å². The standard InChI is InChI=1S/C14H19NO2/c1-11-6-7-13(16)12(10-11)14(17)15-8-4-2-3-5-9-15/h6-7,10,16H,2-5,8-9H2,1H3. The molecule has 3 nitrogen and oxygen atoms in total. The molecule has 1 N–H and O–H groups in total. The molecule has 0 radical (unpaired) electrons. The first-order valence-corrected chi connectivity index (χ1v) is 6.27. The molecule has 1 aliphatic heterocycles. The van der Waals surface area contributed by atoms with E-state index in [1.54, 1.807) is 12.1 Å². The van der Waals surface area contributed by atoms with Crippen LogP contribution in [0.25, 0.3) is 0 Å². The summed E-state index contributed by atoms with van der Waals surface area (Å²) >= 11 is 0. The van der Waals surface area contributed by atoms with Crippen molar-refractivity contribution in [2.75, 3.05) is 13.1 Å². The van der Waals surface area contributed by atoms with Crippen LogP contribution in [-0.2, 0) is 0 Å². The van der Waals surface area contributed by atoms with E-state index in [1.807, 2.05) is 17.9 Å². The van der Waals surface area contributed by atoms with Crippen molar-refractivity contribution < 1.29 is 9.90 Å². The number of nitrogens with zero attached hydrogens (tertiary/aromatic N) is 1. The number of rotatable bonds is 1. The van der Waals surface area contributed by atoms with E-state index in [0.717, 1.165) is 31.5 Å². The number of hydrogen-bond donors (Lipinski definition) is 1. The zero-order chi connectivity index (χ0) is 12.3. The van der Waals surface area contributed by atoms with Gasteiger partial charge in [-0.05, 0) is 31.9 Å². The van der Waals surface area contributed by atoms with Crippen molar-refractivity contribution in [2.45, 2.75) is 32.6 Å². The fraction of sp³-hybridized carbons (Fsp3) is 0.500. The Labute approximate surface area is 102 Å². The van der Waals surface area contributed by atoms with E-state index in [2.05, 4.69) is 0 Å².